The number of anilines is 1. The molecular formula is C9H8N2NaO2. The van der Waals surface area contributed by atoms with Crippen molar-refractivity contribution < 1.29 is 5.21 Å². The monoisotopic (exact) mass is 199 g/mol. The quantitative estimate of drug-likeness (QED) is 0.367. The van der Waals surface area contributed by atoms with E-state index in [0.717, 1.165) is 5.39 Å². The SMILES string of the molecule is Nc1ccc2c(ccc(=O)n2O)c1.[Na]. The fraction of sp³-hybridized carbons (Fsp3) is 0. The van der Waals surface area contributed by atoms with E-state index in [1.54, 1.807) is 24.3 Å². The zero-order valence-corrected chi connectivity index (χ0v) is 9.77. The second-order valence-corrected chi connectivity index (χ2v) is 2.80. The van der Waals surface area contributed by atoms with Crippen LogP contribution in [0, 0.1) is 0 Å². The van der Waals surface area contributed by atoms with Crippen LogP contribution in [-0.4, -0.2) is 39.5 Å². The number of hydrogen-bond donors (Lipinski definition) is 2. The van der Waals surface area contributed by atoms with Gasteiger partial charge in [-0.25, -0.2) is 0 Å². The van der Waals surface area contributed by atoms with Gasteiger partial charge in [-0.15, -0.1) is 4.73 Å². The first-order valence-corrected chi connectivity index (χ1v) is 3.79. The third kappa shape index (κ3) is 1.77. The van der Waals surface area contributed by atoms with Gasteiger partial charge in [-0.05, 0) is 24.3 Å². The summed E-state index contributed by atoms with van der Waals surface area (Å²) in [7, 11) is 0. The zero-order chi connectivity index (χ0) is 9.42. The van der Waals surface area contributed by atoms with Crippen LogP contribution in [0.15, 0.2) is 35.1 Å². The fourth-order valence-electron chi connectivity index (χ4n) is 1.25. The van der Waals surface area contributed by atoms with Gasteiger partial charge in [-0.1, -0.05) is 0 Å². The largest absolute Gasteiger partial charge is 0.425 e. The topological polar surface area (TPSA) is 68.2 Å². The van der Waals surface area contributed by atoms with Crippen LogP contribution in [0.5, 0.6) is 0 Å². The summed E-state index contributed by atoms with van der Waals surface area (Å²) in [5, 5.41) is 10.1. The van der Waals surface area contributed by atoms with E-state index < -0.39 is 5.56 Å². The van der Waals surface area contributed by atoms with Gasteiger partial charge in [0.15, 0.2) is 0 Å². The molecule has 1 radical (unpaired) electrons. The van der Waals surface area contributed by atoms with E-state index in [2.05, 4.69) is 0 Å². The van der Waals surface area contributed by atoms with Gasteiger partial charge in [-0.2, -0.15) is 0 Å². The smallest absolute Gasteiger partial charge is 0.283 e. The second-order valence-electron chi connectivity index (χ2n) is 2.80. The Hall–Kier alpha value is -0.970. The first kappa shape index (κ1) is 11.1. The van der Waals surface area contributed by atoms with Crippen LogP contribution in [0.2, 0.25) is 0 Å². The zero-order valence-electron chi connectivity index (χ0n) is 7.77. The number of nitrogens with zero attached hydrogens (tertiary/aromatic N) is 1. The molecule has 0 saturated heterocycles. The van der Waals surface area contributed by atoms with Crippen molar-refractivity contribution in [1.82, 2.24) is 4.73 Å². The summed E-state index contributed by atoms with van der Waals surface area (Å²) >= 11 is 0. The summed E-state index contributed by atoms with van der Waals surface area (Å²) in [6.07, 6.45) is 0. The van der Waals surface area contributed by atoms with Crippen molar-refractivity contribution in [3.8, 4) is 0 Å². The van der Waals surface area contributed by atoms with Gasteiger partial charge in [0.25, 0.3) is 5.56 Å². The maximum absolute atomic E-state index is 11.0. The molecule has 14 heavy (non-hydrogen) atoms. The summed E-state index contributed by atoms with van der Waals surface area (Å²) in [4.78, 5) is 11.0. The molecule has 2 rings (SSSR count). The van der Waals surface area contributed by atoms with Crippen molar-refractivity contribution in [3.63, 3.8) is 0 Å². The van der Waals surface area contributed by atoms with Gasteiger partial charge in [0.05, 0.1) is 5.52 Å². The Morgan fingerprint density at radius 3 is 2.64 bits per heavy atom. The molecule has 2 aromatic rings. The third-order valence-electron chi connectivity index (χ3n) is 1.89. The van der Waals surface area contributed by atoms with Gasteiger partial charge < -0.3 is 10.9 Å². The normalized spacial score (nSPS) is 9.71. The summed E-state index contributed by atoms with van der Waals surface area (Å²) < 4.78 is 0.606. The maximum Gasteiger partial charge on any atom is 0.283 e. The van der Waals surface area contributed by atoms with Crippen LogP contribution in [0.3, 0.4) is 0 Å². The molecule has 67 valence electrons. The summed E-state index contributed by atoms with van der Waals surface area (Å²) in [6, 6.07) is 7.85. The molecule has 1 aromatic heterocycles. The van der Waals surface area contributed by atoms with E-state index in [1.165, 1.54) is 6.07 Å². The predicted molar refractivity (Wildman–Crippen MR) is 55.6 cm³/mol. The molecule has 3 N–H and O–H groups in total. The van der Waals surface area contributed by atoms with Gasteiger partial charge >= 0.3 is 0 Å². The third-order valence-corrected chi connectivity index (χ3v) is 1.89. The van der Waals surface area contributed by atoms with Crippen molar-refractivity contribution in [2.24, 2.45) is 0 Å². The number of rotatable bonds is 0. The number of aromatic nitrogens is 1. The molecule has 0 unspecified atom stereocenters. The molecule has 0 fully saturated rings. The minimum atomic E-state index is -0.447. The molecule has 1 heterocycles. The molecule has 0 aliphatic rings. The van der Waals surface area contributed by atoms with E-state index >= 15 is 0 Å². The van der Waals surface area contributed by atoms with Crippen LogP contribution >= 0.6 is 0 Å². The first-order valence-electron chi connectivity index (χ1n) is 3.79. The van der Waals surface area contributed by atoms with E-state index in [0.29, 0.717) is 15.9 Å². The van der Waals surface area contributed by atoms with Gasteiger partial charge in [-0.3, -0.25) is 4.79 Å². The second kappa shape index (κ2) is 4.04. The molecule has 0 aliphatic heterocycles. The average Bonchev–Trinajstić information content (AvgIpc) is 2.12. The van der Waals surface area contributed by atoms with Crippen LogP contribution in [0.1, 0.15) is 0 Å². The molecule has 0 saturated carbocycles. The number of nitrogens with two attached hydrogens (primary N) is 1. The molecule has 1 aromatic carbocycles. The minimum Gasteiger partial charge on any atom is -0.425 e. The van der Waals surface area contributed by atoms with Crippen molar-refractivity contribution in [2.45, 2.75) is 0 Å². The molecule has 0 bridgehead atoms. The molecule has 0 amide bonds. The Kier molecular flexibility index (Phi) is 3.21. The van der Waals surface area contributed by atoms with Crippen molar-refractivity contribution in [3.05, 3.63) is 40.7 Å². The molecule has 0 aliphatic carbocycles. The minimum absolute atomic E-state index is 0. The average molecular weight is 199 g/mol. The molecule has 5 heteroatoms. The predicted octanol–water partition coefficient (Wildman–Crippen LogP) is 0.440. The molecule has 4 nitrogen and oxygen atoms in total. The standard InChI is InChI=1S/C9H8N2O2.Na/c10-7-2-3-8-6(5-7)1-4-9(12)11(8)13;/h1-5,13H,10H2;. The Morgan fingerprint density at radius 2 is 1.93 bits per heavy atom. The fourth-order valence-corrected chi connectivity index (χ4v) is 1.25. The van der Waals surface area contributed by atoms with Crippen molar-refractivity contribution in [2.75, 3.05) is 5.73 Å². The Labute approximate surface area is 102 Å². The van der Waals surface area contributed by atoms with E-state index in [1.807, 2.05) is 0 Å². The van der Waals surface area contributed by atoms with Gasteiger partial charge in [0.2, 0.25) is 0 Å². The summed E-state index contributed by atoms with van der Waals surface area (Å²) in [5.74, 6) is 0. The Bertz CT molecular complexity index is 522. The van der Waals surface area contributed by atoms with Crippen LogP contribution in [0.25, 0.3) is 10.9 Å². The van der Waals surface area contributed by atoms with Crippen LogP contribution < -0.4 is 11.3 Å². The van der Waals surface area contributed by atoms with Gasteiger partial charge in [0, 0.05) is 46.7 Å². The Morgan fingerprint density at radius 1 is 1.21 bits per heavy atom. The molecule has 0 spiro atoms. The maximum atomic E-state index is 11.0. The number of nitrogen functional groups attached to an aromatic ring is 1. The Balaban J connectivity index is 0.000000980. The van der Waals surface area contributed by atoms with Crippen LogP contribution in [0.4, 0.5) is 5.69 Å². The van der Waals surface area contributed by atoms with E-state index in [-0.39, 0.29) is 29.6 Å². The van der Waals surface area contributed by atoms with Crippen LogP contribution in [-0.2, 0) is 0 Å². The van der Waals surface area contributed by atoms with E-state index in [9.17, 15) is 10.0 Å². The van der Waals surface area contributed by atoms with E-state index in [4.69, 9.17) is 5.73 Å². The van der Waals surface area contributed by atoms with Crippen molar-refractivity contribution in [1.29, 1.82) is 0 Å². The summed E-state index contributed by atoms with van der Waals surface area (Å²) in [5.41, 5.74) is 6.16. The number of hydrogen-bond acceptors (Lipinski definition) is 3. The summed E-state index contributed by atoms with van der Waals surface area (Å²) in [6.45, 7) is 0. The first-order chi connectivity index (χ1) is 6.18. The van der Waals surface area contributed by atoms with Crippen molar-refractivity contribution >= 4 is 46.1 Å². The number of benzene rings is 1. The van der Waals surface area contributed by atoms with Gasteiger partial charge in [0.1, 0.15) is 0 Å². The number of pyridine rings is 1. The number of fused-ring (bicyclic) bond motifs is 1. The molecule has 0 atom stereocenters. The molecular weight excluding hydrogens is 191 g/mol.